The van der Waals surface area contributed by atoms with Crippen molar-refractivity contribution in [1.82, 2.24) is 0 Å². The second-order valence-corrected chi connectivity index (χ2v) is 5.01. The maximum absolute atomic E-state index is 10.2. The number of hydrogen-bond acceptors (Lipinski definition) is 2. The van der Waals surface area contributed by atoms with E-state index in [9.17, 15) is 5.11 Å². The summed E-state index contributed by atoms with van der Waals surface area (Å²) in [6.45, 7) is 4.03. The van der Waals surface area contributed by atoms with Crippen LogP contribution in [0.3, 0.4) is 0 Å². The quantitative estimate of drug-likeness (QED) is 0.894. The SMILES string of the molecule is COc1ccccc1-c1cccc(C(O)C(C)C)c1. The first-order valence-corrected chi connectivity index (χ1v) is 6.55. The third-order valence-electron chi connectivity index (χ3n) is 3.28. The van der Waals surface area contributed by atoms with Crippen molar-refractivity contribution < 1.29 is 9.84 Å². The molecule has 0 aromatic heterocycles. The molecule has 0 aliphatic carbocycles. The minimum Gasteiger partial charge on any atom is -0.496 e. The van der Waals surface area contributed by atoms with Gasteiger partial charge in [0.05, 0.1) is 13.2 Å². The van der Waals surface area contributed by atoms with Crippen LogP contribution < -0.4 is 4.74 Å². The molecular weight excluding hydrogens is 236 g/mol. The van der Waals surface area contributed by atoms with Gasteiger partial charge in [0.1, 0.15) is 5.75 Å². The van der Waals surface area contributed by atoms with Crippen molar-refractivity contribution in [2.24, 2.45) is 5.92 Å². The van der Waals surface area contributed by atoms with Crippen molar-refractivity contribution in [3.8, 4) is 16.9 Å². The Morgan fingerprint density at radius 3 is 2.42 bits per heavy atom. The standard InChI is InChI=1S/C17H20O2/c1-12(2)17(18)14-8-6-7-13(11-14)15-9-4-5-10-16(15)19-3/h4-12,17-18H,1-3H3. The molecule has 1 atom stereocenters. The van der Waals surface area contributed by atoms with Gasteiger partial charge in [0.25, 0.3) is 0 Å². The van der Waals surface area contributed by atoms with E-state index in [0.717, 1.165) is 22.4 Å². The fourth-order valence-electron chi connectivity index (χ4n) is 2.16. The lowest BCUT2D eigenvalue weighted by Gasteiger charge is -2.16. The average molecular weight is 256 g/mol. The summed E-state index contributed by atoms with van der Waals surface area (Å²) in [7, 11) is 1.67. The van der Waals surface area contributed by atoms with Crippen LogP contribution >= 0.6 is 0 Å². The summed E-state index contributed by atoms with van der Waals surface area (Å²) < 4.78 is 5.39. The lowest BCUT2D eigenvalue weighted by molar-refractivity contribution is 0.127. The number of rotatable bonds is 4. The maximum atomic E-state index is 10.2. The van der Waals surface area contributed by atoms with Crippen molar-refractivity contribution >= 4 is 0 Å². The first kappa shape index (κ1) is 13.6. The molecule has 2 aromatic rings. The molecule has 0 aliphatic rings. The maximum Gasteiger partial charge on any atom is 0.126 e. The summed E-state index contributed by atoms with van der Waals surface area (Å²) in [5.41, 5.74) is 3.05. The first-order valence-electron chi connectivity index (χ1n) is 6.55. The average Bonchev–Trinajstić information content (AvgIpc) is 2.46. The van der Waals surface area contributed by atoms with E-state index in [4.69, 9.17) is 4.74 Å². The normalized spacial score (nSPS) is 12.5. The van der Waals surface area contributed by atoms with Crippen molar-refractivity contribution in [1.29, 1.82) is 0 Å². The van der Waals surface area contributed by atoms with Crippen LogP contribution in [-0.2, 0) is 0 Å². The van der Waals surface area contributed by atoms with Crippen LogP contribution in [0.2, 0.25) is 0 Å². The zero-order valence-electron chi connectivity index (χ0n) is 11.6. The molecule has 0 heterocycles. The van der Waals surface area contributed by atoms with Gasteiger partial charge < -0.3 is 9.84 Å². The van der Waals surface area contributed by atoms with E-state index in [1.54, 1.807) is 7.11 Å². The summed E-state index contributed by atoms with van der Waals surface area (Å²) in [6.07, 6.45) is -0.436. The zero-order chi connectivity index (χ0) is 13.8. The molecule has 2 heteroatoms. The van der Waals surface area contributed by atoms with E-state index in [-0.39, 0.29) is 5.92 Å². The minimum atomic E-state index is -0.436. The Balaban J connectivity index is 2.43. The Kier molecular flexibility index (Phi) is 4.23. The van der Waals surface area contributed by atoms with Crippen LogP contribution in [-0.4, -0.2) is 12.2 Å². The highest BCUT2D eigenvalue weighted by Gasteiger charge is 2.13. The molecule has 0 radical (unpaired) electrons. The molecule has 100 valence electrons. The van der Waals surface area contributed by atoms with Gasteiger partial charge in [0, 0.05) is 5.56 Å². The monoisotopic (exact) mass is 256 g/mol. The molecule has 2 rings (SSSR count). The molecule has 1 N–H and O–H groups in total. The molecule has 0 saturated carbocycles. The van der Waals surface area contributed by atoms with Crippen LogP contribution in [0.4, 0.5) is 0 Å². The van der Waals surface area contributed by atoms with E-state index in [0.29, 0.717) is 0 Å². The van der Waals surface area contributed by atoms with E-state index in [1.807, 2.05) is 62.4 Å². The molecule has 2 aromatic carbocycles. The molecule has 0 spiro atoms. The van der Waals surface area contributed by atoms with Crippen LogP contribution in [0.25, 0.3) is 11.1 Å². The van der Waals surface area contributed by atoms with Gasteiger partial charge in [0.2, 0.25) is 0 Å². The zero-order valence-corrected chi connectivity index (χ0v) is 11.6. The minimum absolute atomic E-state index is 0.202. The highest BCUT2D eigenvalue weighted by Crippen LogP contribution is 2.32. The Bertz CT molecular complexity index is 546. The Hall–Kier alpha value is -1.80. The van der Waals surface area contributed by atoms with Crippen molar-refractivity contribution in [3.05, 3.63) is 54.1 Å². The number of para-hydroxylation sites is 1. The number of ether oxygens (including phenoxy) is 1. The fraction of sp³-hybridized carbons (Fsp3) is 0.294. The summed E-state index contributed by atoms with van der Waals surface area (Å²) >= 11 is 0. The van der Waals surface area contributed by atoms with Gasteiger partial charge in [0.15, 0.2) is 0 Å². The molecule has 1 unspecified atom stereocenters. The first-order chi connectivity index (χ1) is 9.13. The van der Waals surface area contributed by atoms with Gasteiger partial charge >= 0.3 is 0 Å². The number of aliphatic hydroxyl groups excluding tert-OH is 1. The lowest BCUT2D eigenvalue weighted by Crippen LogP contribution is -2.05. The predicted octanol–water partition coefficient (Wildman–Crippen LogP) is 4.05. The summed E-state index contributed by atoms with van der Waals surface area (Å²) in [5, 5.41) is 10.2. The third-order valence-corrected chi connectivity index (χ3v) is 3.28. The van der Waals surface area contributed by atoms with Gasteiger partial charge in [-0.25, -0.2) is 0 Å². The van der Waals surface area contributed by atoms with Gasteiger partial charge in [-0.15, -0.1) is 0 Å². The van der Waals surface area contributed by atoms with Crippen LogP contribution in [0.5, 0.6) is 5.75 Å². The number of hydrogen-bond donors (Lipinski definition) is 1. The van der Waals surface area contributed by atoms with Gasteiger partial charge in [-0.1, -0.05) is 50.2 Å². The van der Waals surface area contributed by atoms with E-state index in [2.05, 4.69) is 0 Å². The summed E-state index contributed by atoms with van der Waals surface area (Å²) in [6, 6.07) is 15.9. The smallest absolute Gasteiger partial charge is 0.126 e. The van der Waals surface area contributed by atoms with Crippen LogP contribution in [0, 0.1) is 5.92 Å². The van der Waals surface area contributed by atoms with E-state index >= 15 is 0 Å². The molecule has 0 bridgehead atoms. The Morgan fingerprint density at radius 1 is 1.00 bits per heavy atom. The van der Waals surface area contributed by atoms with Crippen molar-refractivity contribution in [2.45, 2.75) is 20.0 Å². The largest absolute Gasteiger partial charge is 0.496 e. The second kappa shape index (κ2) is 5.89. The molecule has 0 amide bonds. The topological polar surface area (TPSA) is 29.5 Å². The Morgan fingerprint density at radius 2 is 1.74 bits per heavy atom. The fourth-order valence-corrected chi connectivity index (χ4v) is 2.16. The molecule has 0 fully saturated rings. The molecular formula is C17H20O2. The summed E-state index contributed by atoms with van der Waals surface area (Å²) in [5.74, 6) is 1.05. The highest BCUT2D eigenvalue weighted by molar-refractivity contribution is 5.70. The van der Waals surface area contributed by atoms with Crippen LogP contribution in [0.15, 0.2) is 48.5 Å². The molecule has 0 aliphatic heterocycles. The van der Waals surface area contributed by atoms with Crippen molar-refractivity contribution in [3.63, 3.8) is 0 Å². The van der Waals surface area contributed by atoms with Gasteiger partial charge in [-0.05, 0) is 29.2 Å². The van der Waals surface area contributed by atoms with E-state index in [1.165, 1.54) is 0 Å². The molecule has 19 heavy (non-hydrogen) atoms. The third kappa shape index (κ3) is 2.96. The Labute approximate surface area is 114 Å². The number of benzene rings is 2. The summed E-state index contributed by atoms with van der Waals surface area (Å²) in [4.78, 5) is 0. The van der Waals surface area contributed by atoms with E-state index < -0.39 is 6.10 Å². The lowest BCUT2D eigenvalue weighted by atomic mass is 9.95. The molecule has 2 nitrogen and oxygen atoms in total. The highest BCUT2D eigenvalue weighted by atomic mass is 16.5. The molecule has 0 saturated heterocycles. The van der Waals surface area contributed by atoms with Crippen LogP contribution in [0.1, 0.15) is 25.5 Å². The van der Waals surface area contributed by atoms with Gasteiger partial charge in [-0.3, -0.25) is 0 Å². The van der Waals surface area contributed by atoms with Gasteiger partial charge in [-0.2, -0.15) is 0 Å². The number of methoxy groups -OCH3 is 1. The van der Waals surface area contributed by atoms with Crippen molar-refractivity contribution in [2.75, 3.05) is 7.11 Å². The number of aliphatic hydroxyl groups is 1. The predicted molar refractivity (Wildman–Crippen MR) is 78.2 cm³/mol. The second-order valence-electron chi connectivity index (χ2n) is 5.01.